The molecule has 1 unspecified atom stereocenters. The Morgan fingerprint density at radius 1 is 1.29 bits per heavy atom. The average molecular weight is 305 g/mol. The van der Waals surface area contributed by atoms with Gasteiger partial charge in [0, 0.05) is 36.4 Å². The molecule has 0 aliphatic carbocycles. The number of hydrogen-bond donors (Lipinski definition) is 1. The zero-order valence-electron chi connectivity index (χ0n) is 11.9. The van der Waals surface area contributed by atoms with E-state index in [9.17, 15) is 4.39 Å². The molecule has 1 aliphatic rings. The molecule has 1 atom stereocenters. The lowest BCUT2D eigenvalue weighted by atomic mass is 10.1. The lowest BCUT2D eigenvalue weighted by Crippen LogP contribution is -2.35. The molecular formula is C17H18ClFN2. The number of rotatable bonds is 2. The lowest BCUT2D eigenvalue weighted by molar-refractivity contribution is 0.552. The number of halogens is 2. The SMILES string of the molecule is CC1CN(Cc2cc(F)ccc2Cl)c2ccccc2CN1. The second-order valence-corrected chi connectivity index (χ2v) is 5.93. The smallest absolute Gasteiger partial charge is 0.123 e. The van der Waals surface area contributed by atoms with E-state index in [0.717, 1.165) is 18.7 Å². The van der Waals surface area contributed by atoms with Crippen molar-refractivity contribution in [2.24, 2.45) is 0 Å². The van der Waals surface area contributed by atoms with E-state index < -0.39 is 0 Å². The van der Waals surface area contributed by atoms with Crippen molar-refractivity contribution in [1.29, 1.82) is 0 Å². The Bertz CT molecular complexity index is 644. The van der Waals surface area contributed by atoms with Crippen molar-refractivity contribution in [1.82, 2.24) is 5.32 Å². The van der Waals surface area contributed by atoms with E-state index in [1.807, 2.05) is 12.1 Å². The van der Waals surface area contributed by atoms with Crippen LogP contribution < -0.4 is 10.2 Å². The molecule has 0 fully saturated rings. The van der Waals surface area contributed by atoms with Crippen LogP contribution in [0.5, 0.6) is 0 Å². The molecule has 110 valence electrons. The van der Waals surface area contributed by atoms with Crippen LogP contribution >= 0.6 is 11.6 Å². The van der Waals surface area contributed by atoms with Gasteiger partial charge in [-0.25, -0.2) is 4.39 Å². The molecule has 0 saturated carbocycles. The number of para-hydroxylation sites is 1. The summed E-state index contributed by atoms with van der Waals surface area (Å²) in [5, 5.41) is 4.10. The summed E-state index contributed by atoms with van der Waals surface area (Å²) >= 11 is 6.21. The highest BCUT2D eigenvalue weighted by Crippen LogP contribution is 2.27. The van der Waals surface area contributed by atoms with E-state index in [1.54, 1.807) is 6.07 Å². The Labute approximate surface area is 129 Å². The van der Waals surface area contributed by atoms with Crippen LogP contribution in [0, 0.1) is 5.82 Å². The third-order valence-corrected chi connectivity index (χ3v) is 4.21. The van der Waals surface area contributed by atoms with Crippen LogP contribution in [0.25, 0.3) is 0 Å². The quantitative estimate of drug-likeness (QED) is 0.903. The Kier molecular flexibility index (Phi) is 4.13. The second kappa shape index (κ2) is 6.04. The maximum Gasteiger partial charge on any atom is 0.123 e. The monoisotopic (exact) mass is 304 g/mol. The molecule has 0 spiro atoms. The Hall–Kier alpha value is -1.58. The van der Waals surface area contributed by atoms with Crippen LogP contribution in [0.4, 0.5) is 10.1 Å². The van der Waals surface area contributed by atoms with Crippen molar-refractivity contribution >= 4 is 17.3 Å². The molecule has 0 radical (unpaired) electrons. The molecule has 0 bridgehead atoms. The molecular weight excluding hydrogens is 287 g/mol. The summed E-state index contributed by atoms with van der Waals surface area (Å²) in [5.41, 5.74) is 3.27. The van der Waals surface area contributed by atoms with Crippen molar-refractivity contribution in [3.05, 3.63) is 64.4 Å². The fourth-order valence-corrected chi connectivity index (χ4v) is 2.94. The molecule has 2 aromatic rings. The number of benzene rings is 2. The van der Waals surface area contributed by atoms with E-state index >= 15 is 0 Å². The number of anilines is 1. The summed E-state index contributed by atoms with van der Waals surface area (Å²) in [5.74, 6) is -0.247. The number of fused-ring (bicyclic) bond motifs is 1. The number of hydrogen-bond acceptors (Lipinski definition) is 2. The molecule has 1 heterocycles. The first-order chi connectivity index (χ1) is 10.1. The van der Waals surface area contributed by atoms with Gasteiger partial charge in [-0.1, -0.05) is 29.8 Å². The van der Waals surface area contributed by atoms with Gasteiger partial charge in [0.1, 0.15) is 5.82 Å². The Balaban J connectivity index is 1.94. The van der Waals surface area contributed by atoms with Crippen molar-refractivity contribution in [2.45, 2.75) is 26.1 Å². The fraction of sp³-hybridized carbons (Fsp3) is 0.294. The predicted octanol–water partition coefficient (Wildman–Crippen LogP) is 3.98. The topological polar surface area (TPSA) is 15.3 Å². The highest BCUT2D eigenvalue weighted by Gasteiger charge is 2.19. The van der Waals surface area contributed by atoms with Crippen molar-refractivity contribution < 1.29 is 4.39 Å². The number of nitrogens with zero attached hydrogens (tertiary/aromatic N) is 1. The highest BCUT2D eigenvalue weighted by molar-refractivity contribution is 6.31. The third kappa shape index (κ3) is 3.20. The normalized spacial score (nSPS) is 18.2. The molecule has 3 rings (SSSR count). The summed E-state index contributed by atoms with van der Waals surface area (Å²) in [6, 6.07) is 13.2. The standard InChI is InChI=1S/C17H18ClFN2/c1-12-10-21(11-14-8-15(19)6-7-16(14)18)17-5-3-2-4-13(17)9-20-12/h2-8,12,20H,9-11H2,1H3. The van der Waals surface area contributed by atoms with Crippen molar-refractivity contribution in [3.8, 4) is 0 Å². The average Bonchev–Trinajstić information content (AvgIpc) is 2.63. The molecule has 1 N–H and O–H groups in total. The molecule has 0 amide bonds. The van der Waals surface area contributed by atoms with E-state index in [2.05, 4.69) is 29.3 Å². The molecule has 21 heavy (non-hydrogen) atoms. The van der Waals surface area contributed by atoms with E-state index in [4.69, 9.17) is 11.6 Å². The molecule has 1 aliphatic heterocycles. The van der Waals surface area contributed by atoms with Gasteiger partial charge in [-0.05, 0) is 42.3 Å². The first-order valence-corrected chi connectivity index (χ1v) is 7.51. The fourth-order valence-electron chi connectivity index (χ4n) is 2.77. The van der Waals surface area contributed by atoms with Gasteiger partial charge in [0.25, 0.3) is 0 Å². The van der Waals surface area contributed by atoms with E-state index in [0.29, 0.717) is 17.6 Å². The van der Waals surface area contributed by atoms with Gasteiger partial charge in [0.15, 0.2) is 0 Å². The zero-order chi connectivity index (χ0) is 14.8. The van der Waals surface area contributed by atoms with Crippen LogP contribution in [0.15, 0.2) is 42.5 Å². The van der Waals surface area contributed by atoms with Crippen LogP contribution in [-0.2, 0) is 13.1 Å². The highest BCUT2D eigenvalue weighted by atomic mass is 35.5. The zero-order valence-corrected chi connectivity index (χ0v) is 12.7. The minimum absolute atomic E-state index is 0.247. The van der Waals surface area contributed by atoms with E-state index in [-0.39, 0.29) is 5.82 Å². The van der Waals surface area contributed by atoms with Crippen LogP contribution in [0.3, 0.4) is 0 Å². The molecule has 2 aromatic carbocycles. The molecule has 4 heteroatoms. The minimum Gasteiger partial charge on any atom is -0.365 e. The first-order valence-electron chi connectivity index (χ1n) is 7.13. The van der Waals surface area contributed by atoms with Gasteiger partial charge in [0.2, 0.25) is 0 Å². The van der Waals surface area contributed by atoms with Gasteiger partial charge < -0.3 is 10.2 Å². The van der Waals surface area contributed by atoms with Gasteiger partial charge in [-0.15, -0.1) is 0 Å². The lowest BCUT2D eigenvalue weighted by Gasteiger charge is -2.27. The summed E-state index contributed by atoms with van der Waals surface area (Å²) in [6.07, 6.45) is 0. The number of nitrogens with one attached hydrogen (secondary N) is 1. The van der Waals surface area contributed by atoms with Gasteiger partial charge in [0.05, 0.1) is 0 Å². The second-order valence-electron chi connectivity index (χ2n) is 5.53. The van der Waals surface area contributed by atoms with Crippen LogP contribution in [0.2, 0.25) is 5.02 Å². The predicted molar refractivity (Wildman–Crippen MR) is 85.2 cm³/mol. The minimum atomic E-state index is -0.247. The Morgan fingerprint density at radius 3 is 2.95 bits per heavy atom. The van der Waals surface area contributed by atoms with Crippen molar-refractivity contribution in [2.75, 3.05) is 11.4 Å². The van der Waals surface area contributed by atoms with Crippen LogP contribution in [-0.4, -0.2) is 12.6 Å². The van der Waals surface area contributed by atoms with Gasteiger partial charge in [-0.2, -0.15) is 0 Å². The molecule has 0 saturated heterocycles. The Morgan fingerprint density at radius 2 is 2.10 bits per heavy atom. The summed E-state index contributed by atoms with van der Waals surface area (Å²) in [4.78, 5) is 2.26. The molecule has 0 aromatic heterocycles. The van der Waals surface area contributed by atoms with Gasteiger partial charge >= 0.3 is 0 Å². The third-order valence-electron chi connectivity index (χ3n) is 3.84. The van der Waals surface area contributed by atoms with Crippen molar-refractivity contribution in [3.63, 3.8) is 0 Å². The maximum absolute atomic E-state index is 13.5. The molecule has 2 nitrogen and oxygen atoms in total. The largest absolute Gasteiger partial charge is 0.365 e. The summed E-state index contributed by atoms with van der Waals surface area (Å²) < 4.78 is 13.5. The van der Waals surface area contributed by atoms with Gasteiger partial charge in [-0.3, -0.25) is 0 Å². The van der Waals surface area contributed by atoms with E-state index in [1.165, 1.54) is 23.4 Å². The summed E-state index contributed by atoms with van der Waals surface area (Å²) in [6.45, 7) is 4.49. The first kappa shape index (κ1) is 14.4. The van der Waals surface area contributed by atoms with Crippen LogP contribution in [0.1, 0.15) is 18.1 Å². The summed E-state index contributed by atoms with van der Waals surface area (Å²) in [7, 11) is 0. The maximum atomic E-state index is 13.5.